The second-order valence-electron chi connectivity index (χ2n) is 4.96. The van der Waals surface area contributed by atoms with Gasteiger partial charge in [-0.2, -0.15) is 0 Å². The topological polar surface area (TPSA) is 84.5 Å². The molecule has 0 aliphatic rings. The smallest absolute Gasteiger partial charge is 0.262 e. The maximum absolute atomic E-state index is 11.9. The Hall–Kier alpha value is -2.16. The van der Waals surface area contributed by atoms with Crippen LogP contribution in [0.1, 0.15) is 0 Å². The van der Waals surface area contributed by atoms with E-state index in [1.54, 1.807) is 12.1 Å². The van der Waals surface area contributed by atoms with Crippen LogP contribution in [0.4, 0.5) is 5.69 Å². The number of carbonyl (C=O) groups is 1. The Morgan fingerprint density at radius 2 is 1.76 bits per heavy atom. The lowest BCUT2D eigenvalue weighted by Crippen LogP contribution is -2.23. The highest BCUT2D eigenvalue weighted by Gasteiger charge is 2.12. The molecule has 0 saturated heterocycles. The molecule has 1 amide bonds. The van der Waals surface area contributed by atoms with Crippen LogP contribution in [-0.2, 0) is 14.8 Å². The van der Waals surface area contributed by atoms with Gasteiger partial charge in [0.05, 0.1) is 4.90 Å². The number of halogens is 1. The normalized spacial score (nSPS) is 10.9. The summed E-state index contributed by atoms with van der Waals surface area (Å²) in [5.74, 6) is 0.233. The van der Waals surface area contributed by atoms with E-state index in [1.807, 2.05) is 12.1 Å². The highest BCUT2D eigenvalue weighted by molar-refractivity contribution is 9.10. The summed E-state index contributed by atoms with van der Waals surface area (Å²) < 4.78 is 32.5. The number of rotatable bonds is 8. The van der Waals surface area contributed by atoms with E-state index in [4.69, 9.17) is 4.74 Å². The fourth-order valence-electron chi connectivity index (χ4n) is 1.85. The quantitative estimate of drug-likeness (QED) is 0.637. The molecular formula is C17H17BrN2O4S. The third-order valence-corrected chi connectivity index (χ3v) is 5.02. The molecule has 0 bridgehead atoms. The molecule has 2 N–H and O–H groups in total. The van der Waals surface area contributed by atoms with Gasteiger partial charge in [0.1, 0.15) is 5.75 Å². The minimum absolute atomic E-state index is 0.110. The van der Waals surface area contributed by atoms with Gasteiger partial charge in [0.15, 0.2) is 6.61 Å². The first-order valence-electron chi connectivity index (χ1n) is 7.29. The van der Waals surface area contributed by atoms with Crippen molar-refractivity contribution in [3.63, 3.8) is 0 Å². The second kappa shape index (κ2) is 8.80. The molecule has 0 unspecified atom stereocenters. The van der Waals surface area contributed by atoms with E-state index in [9.17, 15) is 13.2 Å². The van der Waals surface area contributed by atoms with Crippen LogP contribution in [0.15, 0.2) is 70.6 Å². The van der Waals surface area contributed by atoms with Gasteiger partial charge in [0, 0.05) is 16.7 Å². The van der Waals surface area contributed by atoms with Gasteiger partial charge >= 0.3 is 0 Å². The van der Waals surface area contributed by atoms with E-state index in [1.165, 1.54) is 30.3 Å². The first kappa shape index (κ1) is 19.2. The molecule has 2 rings (SSSR count). The van der Waals surface area contributed by atoms with Gasteiger partial charge in [0.25, 0.3) is 5.91 Å². The lowest BCUT2D eigenvalue weighted by Gasteiger charge is -2.09. The zero-order valence-corrected chi connectivity index (χ0v) is 15.6. The highest BCUT2D eigenvalue weighted by atomic mass is 79.9. The number of anilines is 1. The first-order valence-corrected chi connectivity index (χ1v) is 9.57. The van der Waals surface area contributed by atoms with Gasteiger partial charge in [-0.1, -0.05) is 22.0 Å². The van der Waals surface area contributed by atoms with Crippen LogP contribution in [0.3, 0.4) is 0 Å². The minimum Gasteiger partial charge on any atom is -0.484 e. The SMILES string of the molecule is C=CCNS(=O)(=O)c1ccc(NC(=O)COc2ccc(Br)cc2)cc1. The van der Waals surface area contributed by atoms with Crippen LogP contribution in [0.25, 0.3) is 0 Å². The van der Waals surface area contributed by atoms with Crippen molar-refractivity contribution in [1.82, 2.24) is 4.72 Å². The Kier molecular flexibility index (Phi) is 6.74. The zero-order valence-electron chi connectivity index (χ0n) is 13.2. The first-order chi connectivity index (χ1) is 11.9. The van der Waals surface area contributed by atoms with Gasteiger partial charge in [-0.3, -0.25) is 4.79 Å². The summed E-state index contributed by atoms with van der Waals surface area (Å²) in [5, 5.41) is 2.64. The van der Waals surface area contributed by atoms with E-state index >= 15 is 0 Å². The van der Waals surface area contributed by atoms with E-state index in [2.05, 4.69) is 32.5 Å². The standard InChI is InChI=1S/C17H17BrN2O4S/c1-2-11-19-25(22,23)16-9-5-14(6-10-16)20-17(21)12-24-15-7-3-13(18)4-8-15/h2-10,19H,1,11-12H2,(H,20,21). The summed E-state index contributed by atoms with van der Waals surface area (Å²) in [6, 6.07) is 13.0. The molecule has 0 fully saturated rings. The number of hydrogen-bond acceptors (Lipinski definition) is 4. The molecule has 2 aromatic rings. The van der Waals surface area contributed by atoms with Crippen molar-refractivity contribution in [2.75, 3.05) is 18.5 Å². The summed E-state index contributed by atoms with van der Waals surface area (Å²) >= 11 is 3.32. The summed E-state index contributed by atoms with van der Waals surface area (Å²) in [5.41, 5.74) is 0.479. The minimum atomic E-state index is -3.58. The Balaban J connectivity index is 1.90. The van der Waals surface area contributed by atoms with Crippen molar-refractivity contribution < 1.29 is 17.9 Å². The third kappa shape index (κ3) is 6.00. The zero-order chi connectivity index (χ0) is 18.3. The average Bonchev–Trinajstić information content (AvgIpc) is 2.60. The van der Waals surface area contributed by atoms with Crippen molar-refractivity contribution in [2.24, 2.45) is 0 Å². The lowest BCUT2D eigenvalue weighted by atomic mass is 10.3. The molecule has 8 heteroatoms. The molecule has 0 aliphatic carbocycles. The number of carbonyl (C=O) groups excluding carboxylic acids is 1. The van der Waals surface area contributed by atoms with Gasteiger partial charge in [-0.25, -0.2) is 13.1 Å². The number of sulfonamides is 1. The summed E-state index contributed by atoms with van der Waals surface area (Å²) in [6.07, 6.45) is 1.46. The number of amides is 1. The monoisotopic (exact) mass is 424 g/mol. The molecule has 0 aromatic heterocycles. The van der Waals surface area contributed by atoms with Gasteiger partial charge in [0.2, 0.25) is 10.0 Å². The highest BCUT2D eigenvalue weighted by Crippen LogP contribution is 2.17. The molecular weight excluding hydrogens is 408 g/mol. The van der Waals surface area contributed by atoms with E-state index < -0.39 is 10.0 Å². The molecule has 6 nitrogen and oxygen atoms in total. The van der Waals surface area contributed by atoms with Crippen LogP contribution in [-0.4, -0.2) is 27.5 Å². The molecule has 2 aromatic carbocycles. The van der Waals surface area contributed by atoms with Crippen molar-refractivity contribution in [3.05, 3.63) is 65.7 Å². The summed E-state index contributed by atoms with van der Waals surface area (Å²) in [7, 11) is -3.58. The van der Waals surface area contributed by atoms with E-state index in [-0.39, 0.29) is 24.0 Å². The molecule has 0 atom stereocenters. The Labute approximate surface area is 155 Å². The second-order valence-corrected chi connectivity index (χ2v) is 7.64. The van der Waals surface area contributed by atoms with Gasteiger partial charge in [-0.15, -0.1) is 6.58 Å². The average molecular weight is 425 g/mol. The summed E-state index contributed by atoms with van der Waals surface area (Å²) in [6.45, 7) is 3.46. The molecule has 25 heavy (non-hydrogen) atoms. The van der Waals surface area contributed by atoms with Crippen LogP contribution >= 0.6 is 15.9 Å². The Morgan fingerprint density at radius 1 is 1.12 bits per heavy atom. The van der Waals surface area contributed by atoms with Gasteiger partial charge in [-0.05, 0) is 48.5 Å². The number of ether oxygens (including phenoxy) is 1. The van der Waals surface area contributed by atoms with Crippen molar-refractivity contribution in [3.8, 4) is 5.75 Å². The molecule has 0 aliphatic heterocycles. The molecule has 0 heterocycles. The molecule has 0 radical (unpaired) electrons. The fourth-order valence-corrected chi connectivity index (χ4v) is 3.11. The summed E-state index contributed by atoms with van der Waals surface area (Å²) in [4.78, 5) is 12.0. The van der Waals surface area contributed by atoms with Crippen LogP contribution < -0.4 is 14.8 Å². The van der Waals surface area contributed by atoms with Crippen LogP contribution in [0, 0.1) is 0 Å². The Morgan fingerprint density at radius 3 is 2.36 bits per heavy atom. The van der Waals surface area contributed by atoms with E-state index in [0.717, 1.165) is 4.47 Å². The number of benzene rings is 2. The van der Waals surface area contributed by atoms with Crippen molar-refractivity contribution in [1.29, 1.82) is 0 Å². The maximum atomic E-state index is 11.9. The largest absolute Gasteiger partial charge is 0.484 e. The predicted molar refractivity (Wildman–Crippen MR) is 100 cm³/mol. The van der Waals surface area contributed by atoms with Crippen LogP contribution in [0.2, 0.25) is 0 Å². The Bertz CT molecular complexity index is 834. The lowest BCUT2D eigenvalue weighted by molar-refractivity contribution is -0.118. The van der Waals surface area contributed by atoms with Gasteiger partial charge < -0.3 is 10.1 Å². The molecule has 0 spiro atoms. The fraction of sp³-hybridized carbons (Fsp3) is 0.118. The molecule has 132 valence electrons. The maximum Gasteiger partial charge on any atom is 0.262 e. The van der Waals surface area contributed by atoms with E-state index in [0.29, 0.717) is 11.4 Å². The predicted octanol–water partition coefficient (Wildman–Crippen LogP) is 2.93. The van der Waals surface area contributed by atoms with Crippen molar-refractivity contribution in [2.45, 2.75) is 4.90 Å². The van der Waals surface area contributed by atoms with Crippen molar-refractivity contribution >= 4 is 37.5 Å². The third-order valence-electron chi connectivity index (χ3n) is 3.05. The molecule has 0 saturated carbocycles. The number of nitrogens with one attached hydrogen (secondary N) is 2. The van der Waals surface area contributed by atoms with Crippen LogP contribution in [0.5, 0.6) is 5.75 Å². The number of hydrogen-bond donors (Lipinski definition) is 2.